The van der Waals surface area contributed by atoms with E-state index < -0.39 is 0 Å². The molecular weight excluding hydrogens is 222 g/mol. The zero-order valence-electron chi connectivity index (χ0n) is 11.8. The average Bonchev–Trinajstić information content (AvgIpc) is 2.33. The van der Waals surface area contributed by atoms with Crippen LogP contribution in [-0.2, 0) is 0 Å². The summed E-state index contributed by atoms with van der Waals surface area (Å²) in [7, 11) is 0. The van der Waals surface area contributed by atoms with Crippen LogP contribution in [0.3, 0.4) is 0 Å². The Morgan fingerprint density at radius 1 is 1.17 bits per heavy atom. The van der Waals surface area contributed by atoms with E-state index in [-0.39, 0.29) is 6.04 Å². The number of hydrogen-bond acceptors (Lipinski definition) is 3. The minimum absolute atomic E-state index is 0.275. The lowest BCUT2D eigenvalue weighted by Gasteiger charge is -2.37. The van der Waals surface area contributed by atoms with Gasteiger partial charge in [-0.25, -0.2) is 0 Å². The van der Waals surface area contributed by atoms with Gasteiger partial charge in [-0.3, -0.25) is 4.90 Å². The molecule has 1 atom stereocenters. The molecule has 1 heterocycles. The molecule has 3 nitrogen and oxygen atoms in total. The maximum Gasteiger partial charge on any atom is 0.0399 e. The minimum Gasteiger partial charge on any atom is -0.369 e. The molecule has 0 radical (unpaired) electrons. The predicted molar refractivity (Wildman–Crippen MR) is 78.2 cm³/mol. The van der Waals surface area contributed by atoms with Gasteiger partial charge in [-0.05, 0) is 38.0 Å². The van der Waals surface area contributed by atoms with Crippen LogP contribution in [0.15, 0.2) is 18.2 Å². The second-order valence-corrected chi connectivity index (χ2v) is 5.55. The molecule has 1 saturated heterocycles. The largest absolute Gasteiger partial charge is 0.369 e. The minimum atomic E-state index is 0.275. The van der Waals surface area contributed by atoms with Gasteiger partial charge in [-0.1, -0.05) is 12.1 Å². The smallest absolute Gasteiger partial charge is 0.0399 e. The lowest BCUT2D eigenvalue weighted by Crippen LogP contribution is -2.49. The first-order chi connectivity index (χ1) is 8.56. The van der Waals surface area contributed by atoms with Crippen molar-refractivity contribution in [3.63, 3.8) is 0 Å². The maximum absolute atomic E-state index is 5.86. The Morgan fingerprint density at radius 3 is 2.44 bits per heavy atom. The quantitative estimate of drug-likeness (QED) is 0.883. The summed E-state index contributed by atoms with van der Waals surface area (Å²) in [6, 6.07) is 6.98. The highest BCUT2D eigenvalue weighted by atomic mass is 15.3. The van der Waals surface area contributed by atoms with Crippen LogP contribution in [0.1, 0.15) is 18.1 Å². The Kier molecular flexibility index (Phi) is 4.25. The van der Waals surface area contributed by atoms with Crippen molar-refractivity contribution in [2.24, 2.45) is 5.73 Å². The maximum atomic E-state index is 5.86. The first kappa shape index (κ1) is 13.4. The lowest BCUT2D eigenvalue weighted by atomic mass is 10.1. The van der Waals surface area contributed by atoms with E-state index in [1.54, 1.807) is 0 Å². The number of benzene rings is 1. The van der Waals surface area contributed by atoms with Gasteiger partial charge in [0.2, 0.25) is 0 Å². The van der Waals surface area contributed by atoms with Gasteiger partial charge in [0.1, 0.15) is 0 Å². The average molecular weight is 247 g/mol. The molecule has 0 unspecified atom stereocenters. The molecule has 2 rings (SSSR count). The van der Waals surface area contributed by atoms with Crippen LogP contribution < -0.4 is 10.6 Å². The fraction of sp³-hybridized carbons (Fsp3) is 0.600. The Labute approximate surface area is 111 Å². The van der Waals surface area contributed by atoms with Crippen molar-refractivity contribution in [2.45, 2.75) is 26.8 Å². The fourth-order valence-corrected chi connectivity index (χ4v) is 2.64. The van der Waals surface area contributed by atoms with E-state index in [0.717, 1.165) is 32.7 Å². The van der Waals surface area contributed by atoms with Gasteiger partial charge in [0, 0.05) is 44.5 Å². The van der Waals surface area contributed by atoms with Gasteiger partial charge in [0.15, 0.2) is 0 Å². The predicted octanol–water partition coefficient (Wildman–Crippen LogP) is 1.77. The summed E-state index contributed by atoms with van der Waals surface area (Å²) >= 11 is 0. The van der Waals surface area contributed by atoms with E-state index in [2.05, 4.69) is 48.8 Å². The van der Waals surface area contributed by atoms with E-state index in [0.29, 0.717) is 0 Å². The number of anilines is 1. The third-order valence-corrected chi connectivity index (χ3v) is 3.62. The molecule has 1 fully saturated rings. The first-order valence-corrected chi connectivity index (χ1v) is 6.86. The Bertz CT molecular complexity index is 393. The third kappa shape index (κ3) is 3.24. The highest BCUT2D eigenvalue weighted by Crippen LogP contribution is 2.22. The summed E-state index contributed by atoms with van der Waals surface area (Å²) in [6.07, 6.45) is 0. The van der Waals surface area contributed by atoms with Crippen molar-refractivity contribution in [3.05, 3.63) is 29.3 Å². The van der Waals surface area contributed by atoms with Gasteiger partial charge in [0.25, 0.3) is 0 Å². The van der Waals surface area contributed by atoms with Crippen molar-refractivity contribution in [1.82, 2.24) is 4.90 Å². The van der Waals surface area contributed by atoms with Gasteiger partial charge in [-0.15, -0.1) is 0 Å². The zero-order chi connectivity index (χ0) is 13.1. The van der Waals surface area contributed by atoms with Crippen LogP contribution in [0.2, 0.25) is 0 Å². The van der Waals surface area contributed by atoms with E-state index in [1.807, 2.05) is 0 Å². The number of rotatable bonds is 3. The molecule has 1 aromatic carbocycles. The molecule has 18 heavy (non-hydrogen) atoms. The summed E-state index contributed by atoms with van der Waals surface area (Å²) in [5.41, 5.74) is 9.97. The number of hydrogen-bond donors (Lipinski definition) is 1. The van der Waals surface area contributed by atoms with Crippen molar-refractivity contribution in [3.8, 4) is 0 Å². The van der Waals surface area contributed by atoms with Crippen molar-refractivity contribution in [2.75, 3.05) is 37.6 Å². The van der Waals surface area contributed by atoms with Gasteiger partial charge < -0.3 is 10.6 Å². The molecule has 1 aromatic rings. The van der Waals surface area contributed by atoms with Crippen LogP contribution in [0.25, 0.3) is 0 Å². The van der Waals surface area contributed by atoms with Crippen molar-refractivity contribution < 1.29 is 0 Å². The Morgan fingerprint density at radius 2 is 1.83 bits per heavy atom. The van der Waals surface area contributed by atoms with Crippen molar-refractivity contribution >= 4 is 5.69 Å². The SMILES string of the molecule is Cc1ccc(C)c(N2CCN(C[C@H](C)N)CC2)c1. The van der Waals surface area contributed by atoms with Crippen LogP contribution in [0.5, 0.6) is 0 Å². The first-order valence-electron chi connectivity index (χ1n) is 6.86. The third-order valence-electron chi connectivity index (χ3n) is 3.62. The number of piperazine rings is 1. The van der Waals surface area contributed by atoms with Crippen LogP contribution in [0, 0.1) is 13.8 Å². The molecule has 0 aromatic heterocycles. The second-order valence-electron chi connectivity index (χ2n) is 5.55. The second kappa shape index (κ2) is 5.72. The van der Waals surface area contributed by atoms with Crippen LogP contribution >= 0.6 is 0 Å². The van der Waals surface area contributed by atoms with E-state index in [4.69, 9.17) is 5.73 Å². The standard InChI is InChI=1S/C15H25N3/c1-12-4-5-13(2)15(10-12)18-8-6-17(7-9-18)11-14(3)16/h4-5,10,14H,6-9,11,16H2,1-3H3/t14-/m0/s1. The zero-order valence-corrected chi connectivity index (χ0v) is 11.8. The number of nitrogens with zero attached hydrogens (tertiary/aromatic N) is 2. The molecule has 0 amide bonds. The fourth-order valence-electron chi connectivity index (χ4n) is 2.64. The molecule has 0 saturated carbocycles. The lowest BCUT2D eigenvalue weighted by molar-refractivity contribution is 0.246. The summed E-state index contributed by atoms with van der Waals surface area (Å²) in [5, 5.41) is 0. The van der Waals surface area contributed by atoms with Gasteiger partial charge >= 0.3 is 0 Å². The molecule has 3 heteroatoms. The Balaban J connectivity index is 1.99. The van der Waals surface area contributed by atoms with Crippen molar-refractivity contribution in [1.29, 1.82) is 0 Å². The molecule has 0 bridgehead atoms. The molecular formula is C15H25N3. The van der Waals surface area contributed by atoms with Gasteiger partial charge in [-0.2, -0.15) is 0 Å². The summed E-state index contributed by atoms with van der Waals surface area (Å²) in [5.74, 6) is 0. The molecule has 0 spiro atoms. The Hall–Kier alpha value is -1.06. The summed E-state index contributed by atoms with van der Waals surface area (Å²) in [6.45, 7) is 11.9. The topological polar surface area (TPSA) is 32.5 Å². The van der Waals surface area contributed by atoms with E-state index in [9.17, 15) is 0 Å². The van der Waals surface area contributed by atoms with Crippen LogP contribution in [-0.4, -0.2) is 43.7 Å². The number of nitrogens with two attached hydrogens (primary N) is 1. The molecule has 100 valence electrons. The van der Waals surface area contributed by atoms with Gasteiger partial charge in [0.05, 0.1) is 0 Å². The summed E-state index contributed by atoms with van der Waals surface area (Å²) in [4.78, 5) is 4.96. The van der Waals surface area contributed by atoms with E-state index in [1.165, 1.54) is 16.8 Å². The normalized spacial score (nSPS) is 19.0. The number of aryl methyl sites for hydroxylation is 2. The summed E-state index contributed by atoms with van der Waals surface area (Å²) < 4.78 is 0. The monoisotopic (exact) mass is 247 g/mol. The molecule has 1 aliphatic heterocycles. The van der Waals surface area contributed by atoms with E-state index >= 15 is 0 Å². The molecule has 2 N–H and O–H groups in total. The molecule has 0 aliphatic carbocycles. The molecule has 1 aliphatic rings. The highest BCUT2D eigenvalue weighted by Gasteiger charge is 2.18. The van der Waals surface area contributed by atoms with Crippen LogP contribution in [0.4, 0.5) is 5.69 Å². The highest BCUT2D eigenvalue weighted by molar-refractivity contribution is 5.55.